The molecule has 0 aliphatic heterocycles. The topological polar surface area (TPSA) is 76.2 Å². The Labute approximate surface area is 146 Å². The number of nitrogens with zero attached hydrogens (tertiary/aromatic N) is 1. The molecule has 3 aromatic rings. The maximum Gasteiger partial charge on any atom is 0.255 e. The fraction of sp³-hybridized carbons (Fsp3) is 0.263. The summed E-state index contributed by atoms with van der Waals surface area (Å²) in [5.41, 5.74) is 2.25. The summed E-state index contributed by atoms with van der Waals surface area (Å²) in [5, 5.41) is 3.02. The van der Waals surface area contributed by atoms with Crippen molar-refractivity contribution in [1.82, 2.24) is 15.3 Å². The van der Waals surface area contributed by atoms with E-state index in [0.29, 0.717) is 23.5 Å². The van der Waals surface area contributed by atoms with Crippen LogP contribution in [0.15, 0.2) is 42.5 Å². The van der Waals surface area contributed by atoms with E-state index in [-0.39, 0.29) is 11.9 Å². The van der Waals surface area contributed by atoms with Crippen LogP contribution in [0.3, 0.4) is 0 Å². The number of fused-ring (bicyclic) bond motifs is 1. The number of hydrogen-bond donors (Lipinski definition) is 2. The summed E-state index contributed by atoms with van der Waals surface area (Å²) >= 11 is 0. The van der Waals surface area contributed by atoms with Gasteiger partial charge in [-0.25, -0.2) is 4.98 Å². The number of hydrogen-bond acceptors (Lipinski definition) is 4. The number of nitrogens with one attached hydrogen (secondary N) is 2. The van der Waals surface area contributed by atoms with Crippen molar-refractivity contribution in [2.75, 3.05) is 14.2 Å². The van der Waals surface area contributed by atoms with Crippen molar-refractivity contribution in [2.45, 2.75) is 19.4 Å². The van der Waals surface area contributed by atoms with Crippen molar-refractivity contribution < 1.29 is 14.3 Å². The molecule has 1 amide bonds. The number of amides is 1. The van der Waals surface area contributed by atoms with Gasteiger partial charge in [0.05, 0.1) is 36.9 Å². The fourth-order valence-corrected chi connectivity index (χ4v) is 2.80. The Morgan fingerprint density at radius 1 is 1.16 bits per heavy atom. The zero-order chi connectivity index (χ0) is 17.8. The molecule has 0 bridgehead atoms. The first-order valence-corrected chi connectivity index (χ1v) is 8.14. The van der Waals surface area contributed by atoms with Gasteiger partial charge in [0.25, 0.3) is 5.91 Å². The van der Waals surface area contributed by atoms with Crippen LogP contribution in [-0.2, 0) is 0 Å². The monoisotopic (exact) mass is 339 g/mol. The minimum absolute atomic E-state index is 0.226. The lowest BCUT2D eigenvalue weighted by Crippen LogP contribution is -2.29. The Hall–Kier alpha value is -3.02. The summed E-state index contributed by atoms with van der Waals surface area (Å²) in [6.45, 7) is 2.00. The van der Waals surface area contributed by atoms with Crippen molar-refractivity contribution in [3.8, 4) is 11.5 Å². The Morgan fingerprint density at radius 3 is 2.64 bits per heavy atom. The van der Waals surface area contributed by atoms with Gasteiger partial charge < -0.3 is 19.8 Å². The summed E-state index contributed by atoms with van der Waals surface area (Å²) in [5.74, 6) is 1.44. The standard InChI is InChI=1S/C19H21N3O3/c1-4-13(18-20-14-9-5-6-10-15(14)21-18)22-19(23)12-8-7-11-16(24-2)17(12)25-3/h5-11,13H,4H2,1-3H3,(H,20,21)(H,22,23). The highest BCUT2D eigenvalue weighted by atomic mass is 16.5. The predicted octanol–water partition coefficient (Wildman–Crippen LogP) is 3.46. The lowest BCUT2D eigenvalue weighted by atomic mass is 10.1. The van der Waals surface area contributed by atoms with Crippen LogP contribution in [0.1, 0.15) is 35.6 Å². The van der Waals surface area contributed by atoms with Crippen molar-refractivity contribution in [3.05, 3.63) is 53.9 Å². The quantitative estimate of drug-likeness (QED) is 0.721. The Morgan fingerprint density at radius 2 is 1.96 bits per heavy atom. The van der Waals surface area contributed by atoms with Crippen LogP contribution in [0.2, 0.25) is 0 Å². The first-order chi connectivity index (χ1) is 12.2. The van der Waals surface area contributed by atoms with E-state index < -0.39 is 0 Å². The van der Waals surface area contributed by atoms with Gasteiger partial charge in [-0.15, -0.1) is 0 Å². The third-order valence-electron chi connectivity index (χ3n) is 4.10. The van der Waals surface area contributed by atoms with Gasteiger partial charge >= 0.3 is 0 Å². The number of carbonyl (C=O) groups is 1. The Kier molecular flexibility index (Phi) is 4.88. The predicted molar refractivity (Wildman–Crippen MR) is 96.1 cm³/mol. The molecule has 2 N–H and O–H groups in total. The second-order valence-corrected chi connectivity index (χ2v) is 5.61. The maximum atomic E-state index is 12.8. The second-order valence-electron chi connectivity index (χ2n) is 5.61. The van der Waals surface area contributed by atoms with Gasteiger partial charge in [-0.3, -0.25) is 4.79 Å². The smallest absolute Gasteiger partial charge is 0.255 e. The Bertz CT molecular complexity index is 856. The molecule has 0 fully saturated rings. The van der Waals surface area contributed by atoms with Crippen molar-refractivity contribution in [1.29, 1.82) is 0 Å². The summed E-state index contributed by atoms with van der Waals surface area (Å²) in [7, 11) is 3.06. The van der Waals surface area contributed by atoms with Crippen molar-refractivity contribution in [2.24, 2.45) is 0 Å². The van der Waals surface area contributed by atoms with E-state index in [9.17, 15) is 4.79 Å². The normalized spacial score (nSPS) is 12.0. The van der Waals surface area contributed by atoms with Gasteiger partial charge in [0, 0.05) is 0 Å². The van der Waals surface area contributed by atoms with E-state index >= 15 is 0 Å². The first-order valence-electron chi connectivity index (χ1n) is 8.14. The van der Waals surface area contributed by atoms with Gasteiger partial charge in [-0.1, -0.05) is 25.1 Å². The molecule has 25 heavy (non-hydrogen) atoms. The number of rotatable bonds is 6. The number of aromatic amines is 1. The van der Waals surface area contributed by atoms with Crippen molar-refractivity contribution in [3.63, 3.8) is 0 Å². The first kappa shape index (κ1) is 16.8. The third kappa shape index (κ3) is 3.28. The van der Waals surface area contributed by atoms with Crippen LogP contribution in [0.25, 0.3) is 11.0 Å². The molecule has 0 aliphatic rings. The molecule has 6 heteroatoms. The Balaban J connectivity index is 1.88. The molecule has 0 radical (unpaired) electrons. The second kappa shape index (κ2) is 7.25. The highest BCUT2D eigenvalue weighted by Gasteiger charge is 2.21. The minimum Gasteiger partial charge on any atom is -0.493 e. The zero-order valence-electron chi connectivity index (χ0n) is 14.5. The highest BCUT2D eigenvalue weighted by molar-refractivity contribution is 5.98. The van der Waals surface area contributed by atoms with Gasteiger partial charge in [0.15, 0.2) is 11.5 Å². The van der Waals surface area contributed by atoms with Crippen LogP contribution in [0.4, 0.5) is 0 Å². The number of H-pyrrole nitrogens is 1. The van der Waals surface area contributed by atoms with Gasteiger partial charge in [-0.2, -0.15) is 0 Å². The number of methoxy groups -OCH3 is 2. The van der Waals surface area contributed by atoms with Crippen LogP contribution >= 0.6 is 0 Å². The van der Waals surface area contributed by atoms with Gasteiger partial charge in [-0.05, 0) is 30.7 Å². The maximum absolute atomic E-state index is 12.8. The largest absolute Gasteiger partial charge is 0.493 e. The zero-order valence-corrected chi connectivity index (χ0v) is 14.5. The average molecular weight is 339 g/mol. The van der Waals surface area contributed by atoms with Crippen LogP contribution in [0, 0.1) is 0 Å². The van der Waals surface area contributed by atoms with Gasteiger partial charge in [0.2, 0.25) is 0 Å². The number of imidazole rings is 1. The van der Waals surface area contributed by atoms with E-state index in [1.807, 2.05) is 31.2 Å². The summed E-state index contributed by atoms with van der Waals surface area (Å²) in [4.78, 5) is 20.6. The minimum atomic E-state index is -0.233. The number of aromatic nitrogens is 2. The van der Waals surface area contributed by atoms with Crippen LogP contribution in [-0.4, -0.2) is 30.1 Å². The third-order valence-corrected chi connectivity index (χ3v) is 4.10. The van der Waals surface area contributed by atoms with E-state index in [2.05, 4.69) is 15.3 Å². The highest BCUT2D eigenvalue weighted by Crippen LogP contribution is 2.31. The van der Waals surface area contributed by atoms with E-state index in [4.69, 9.17) is 9.47 Å². The van der Waals surface area contributed by atoms with E-state index in [1.54, 1.807) is 25.3 Å². The number of ether oxygens (including phenoxy) is 2. The number of para-hydroxylation sites is 3. The molecule has 0 spiro atoms. The summed E-state index contributed by atoms with van der Waals surface area (Å²) < 4.78 is 10.6. The number of benzene rings is 2. The molecule has 0 saturated heterocycles. The number of carbonyl (C=O) groups excluding carboxylic acids is 1. The molecule has 6 nitrogen and oxygen atoms in total. The SMILES string of the molecule is CCC(NC(=O)c1cccc(OC)c1OC)c1nc2ccccc2[nH]1. The lowest BCUT2D eigenvalue weighted by Gasteiger charge is -2.17. The van der Waals surface area contributed by atoms with Gasteiger partial charge in [0.1, 0.15) is 5.82 Å². The fourth-order valence-electron chi connectivity index (χ4n) is 2.80. The molecule has 130 valence electrons. The average Bonchev–Trinajstić information content (AvgIpc) is 3.08. The molecule has 1 heterocycles. The molecule has 1 unspecified atom stereocenters. The molecule has 0 saturated carbocycles. The summed E-state index contributed by atoms with van der Waals surface area (Å²) in [6.07, 6.45) is 0.706. The molecular weight excluding hydrogens is 318 g/mol. The van der Waals surface area contributed by atoms with E-state index in [1.165, 1.54) is 7.11 Å². The van der Waals surface area contributed by atoms with Crippen LogP contribution in [0.5, 0.6) is 11.5 Å². The molecule has 3 rings (SSSR count). The molecule has 0 aliphatic carbocycles. The van der Waals surface area contributed by atoms with Crippen LogP contribution < -0.4 is 14.8 Å². The summed E-state index contributed by atoms with van der Waals surface area (Å²) in [6, 6.07) is 12.8. The molecule has 1 aromatic heterocycles. The molecule has 2 aromatic carbocycles. The molecule has 1 atom stereocenters. The molecular formula is C19H21N3O3. The lowest BCUT2D eigenvalue weighted by molar-refractivity contribution is 0.0930. The van der Waals surface area contributed by atoms with E-state index in [0.717, 1.165) is 16.9 Å². The van der Waals surface area contributed by atoms with Crippen molar-refractivity contribution >= 4 is 16.9 Å².